The summed E-state index contributed by atoms with van der Waals surface area (Å²) >= 11 is 6.21. The van der Waals surface area contributed by atoms with E-state index in [1.807, 2.05) is 73.8 Å². The fraction of sp³-hybridized carbons (Fsp3) is 0.0870. The van der Waals surface area contributed by atoms with Crippen LogP contribution in [0.2, 0.25) is 5.02 Å². The molecule has 134 valence electrons. The highest BCUT2D eigenvalue weighted by Crippen LogP contribution is 2.39. The first-order chi connectivity index (χ1) is 13.1. The number of nitrogens with zero attached hydrogens (tertiary/aromatic N) is 2. The number of aromatic hydroxyl groups is 1. The monoisotopic (exact) mass is 374 g/mol. The second-order valence-electron chi connectivity index (χ2n) is 6.48. The Balaban J connectivity index is 1.90. The maximum Gasteiger partial charge on any atom is 0.147 e. The number of hydrogen-bond donors (Lipinski definition) is 1. The smallest absolute Gasteiger partial charge is 0.147 e. The maximum absolute atomic E-state index is 11.0. The lowest BCUT2D eigenvalue weighted by atomic mass is 9.94. The highest BCUT2D eigenvalue weighted by atomic mass is 35.5. The van der Waals surface area contributed by atoms with E-state index in [2.05, 4.69) is 22.0 Å². The molecule has 1 heterocycles. The molecule has 0 saturated heterocycles. The molecule has 27 heavy (non-hydrogen) atoms. The number of rotatable bonds is 4. The zero-order chi connectivity index (χ0) is 18.8. The molecule has 4 heteroatoms. The minimum atomic E-state index is -0.184. The summed E-state index contributed by atoms with van der Waals surface area (Å²) in [6, 6.07) is 25.4. The summed E-state index contributed by atoms with van der Waals surface area (Å²) in [4.78, 5) is 6.49. The first kappa shape index (κ1) is 17.4. The number of fused-ring (bicyclic) bond motifs is 1. The van der Waals surface area contributed by atoms with Crippen LogP contribution in [0.25, 0.3) is 10.9 Å². The van der Waals surface area contributed by atoms with E-state index in [0.29, 0.717) is 10.5 Å². The Bertz CT molecular complexity index is 1080. The molecule has 0 aliphatic heterocycles. The van der Waals surface area contributed by atoms with Gasteiger partial charge in [0.1, 0.15) is 11.3 Å². The van der Waals surface area contributed by atoms with Gasteiger partial charge in [0.05, 0.1) is 6.04 Å². The number of aromatic nitrogens is 1. The third kappa shape index (κ3) is 3.34. The maximum atomic E-state index is 11.0. The molecular weight excluding hydrogens is 356 g/mol. The zero-order valence-corrected chi connectivity index (χ0v) is 15.6. The van der Waals surface area contributed by atoms with Crippen molar-refractivity contribution >= 4 is 28.2 Å². The Hall–Kier alpha value is -3.04. The molecular formula is C23H19ClN2O. The highest BCUT2D eigenvalue weighted by molar-refractivity contribution is 6.30. The van der Waals surface area contributed by atoms with Crippen molar-refractivity contribution in [1.82, 2.24) is 4.98 Å². The van der Waals surface area contributed by atoms with Crippen molar-refractivity contribution in [3.05, 3.63) is 101 Å². The van der Waals surface area contributed by atoms with Crippen LogP contribution < -0.4 is 4.90 Å². The van der Waals surface area contributed by atoms with Crippen molar-refractivity contribution < 1.29 is 5.11 Å². The number of phenolic OH excluding ortho intramolecular Hbond substituents is 1. The Labute approximate surface area is 163 Å². The molecule has 1 aromatic heterocycles. The Morgan fingerprint density at radius 3 is 2.52 bits per heavy atom. The van der Waals surface area contributed by atoms with Crippen LogP contribution in [0.1, 0.15) is 17.2 Å². The van der Waals surface area contributed by atoms with E-state index in [0.717, 1.165) is 22.2 Å². The first-order valence-corrected chi connectivity index (χ1v) is 9.13. The van der Waals surface area contributed by atoms with Crippen LogP contribution in [-0.2, 0) is 0 Å². The van der Waals surface area contributed by atoms with Crippen LogP contribution in [-0.4, -0.2) is 17.1 Å². The fourth-order valence-corrected chi connectivity index (χ4v) is 3.64. The van der Waals surface area contributed by atoms with Crippen molar-refractivity contribution in [2.45, 2.75) is 6.04 Å². The molecule has 0 aliphatic rings. The van der Waals surface area contributed by atoms with Gasteiger partial charge in [-0.2, -0.15) is 0 Å². The third-order valence-corrected chi connectivity index (χ3v) is 5.03. The molecule has 1 atom stereocenters. The second-order valence-corrected chi connectivity index (χ2v) is 6.92. The lowest BCUT2D eigenvalue weighted by Crippen LogP contribution is -2.25. The molecule has 0 saturated carbocycles. The molecule has 0 amide bonds. The number of phenols is 1. The van der Waals surface area contributed by atoms with Gasteiger partial charge in [0, 0.05) is 34.9 Å². The molecule has 4 rings (SSSR count). The van der Waals surface area contributed by atoms with Gasteiger partial charge in [-0.1, -0.05) is 66.2 Å². The van der Waals surface area contributed by atoms with E-state index in [9.17, 15) is 5.11 Å². The van der Waals surface area contributed by atoms with Crippen molar-refractivity contribution in [2.75, 3.05) is 11.9 Å². The second kappa shape index (κ2) is 7.29. The third-order valence-electron chi connectivity index (χ3n) is 4.79. The van der Waals surface area contributed by atoms with Crippen LogP contribution >= 0.6 is 11.6 Å². The lowest BCUT2D eigenvalue weighted by Gasteiger charge is -2.31. The largest absolute Gasteiger partial charge is 0.505 e. The van der Waals surface area contributed by atoms with Crippen LogP contribution in [0, 0.1) is 0 Å². The van der Waals surface area contributed by atoms with E-state index < -0.39 is 0 Å². The summed E-state index contributed by atoms with van der Waals surface area (Å²) < 4.78 is 0. The van der Waals surface area contributed by atoms with E-state index in [1.54, 1.807) is 6.20 Å². The van der Waals surface area contributed by atoms with Crippen molar-refractivity contribution in [3.63, 3.8) is 0 Å². The molecule has 4 aromatic rings. The van der Waals surface area contributed by atoms with Gasteiger partial charge < -0.3 is 10.0 Å². The Morgan fingerprint density at radius 2 is 1.74 bits per heavy atom. The van der Waals surface area contributed by atoms with Gasteiger partial charge in [-0.3, -0.25) is 4.98 Å². The van der Waals surface area contributed by atoms with Gasteiger partial charge in [-0.05, 0) is 29.8 Å². The standard InChI is InChI=1S/C23H19ClN2O/c1-26(19-11-5-10-18(24)15-19)22(17-7-3-2-4-8-17)20-13-12-16-9-6-14-25-21(16)23(20)27/h2-15,22,27H,1H3. The van der Waals surface area contributed by atoms with Crippen LogP contribution in [0.4, 0.5) is 5.69 Å². The quantitative estimate of drug-likeness (QED) is 0.489. The molecule has 1 N–H and O–H groups in total. The lowest BCUT2D eigenvalue weighted by molar-refractivity contribution is 0.469. The highest BCUT2D eigenvalue weighted by Gasteiger charge is 2.24. The minimum Gasteiger partial charge on any atom is -0.505 e. The van der Waals surface area contributed by atoms with Gasteiger partial charge in [-0.15, -0.1) is 0 Å². The SMILES string of the molecule is CN(c1cccc(Cl)c1)C(c1ccccc1)c1ccc2cccnc2c1O. The Morgan fingerprint density at radius 1 is 0.926 bits per heavy atom. The molecule has 0 bridgehead atoms. The predicted octanol–water partition coefficient (Wildman–Crippen LogP) is 5.82. The van der Waals surface area contributed by atoms with E-state index in [-0.39, 0.29) is 11.8 Å². The summed E-state index contributed by atoms with van der Waals surface area (Å²) in [5, 5.41) is 12.6. The van der Waals surface area contributed by atoms with Crippen molar-refractivity contribution in [1.29, 1.82) is 0 Å². The van der Waals surface area contributed by atoms with E-state index in [1.165, 1.54) is 0 Å². The van der Waals surface area contributed by atoms with E-state index in [4.69, 9.17) is 11.6 Å². The molecule has 3 aromatic carbocycles. The number of benzene rings is 3. The minimum absolute atomic E-state index is 0.184. The van der Waals surface area contributed by atoms with Gasteiger partial charge in [0.2, 0.25) is 0 Å². The molecule has 0 radical (unpaired) electrons. The van der Waals surface area contributed by atoms with Crippen LogP contribution in [0.3, 0.4) is 0 Å². The average molecular weight is 375 g/mol. The summed E-state index contributed by atoms with van der Waals surface area (Å²) in [6.45, 7) is 0. The molecule has 0 spiro atoms. The van der Waals surface area contributed by atoms with Gasteiger partial charge in [0.25, 0.3) is 0 Å². The average Bonchev–Trinajstić information content (AvgIpc) is 2.71. The Kier molecular flexibility index (Phi) is 4.69. The number of halogens is 1. The predicted molar refractivity (Wildman–Crippen MR) is 112 cm³/mol. The fourth-order valence-electron chi connectivity index (χ4n) is 3.46. The zero-order valence-electron chi connectivity index (χ0n) is 14.9. The van der Waals surface area contributed by atoms with Gasteiger partial charge in [0.15, 0.2) is 0 Å². The van der Waals surface area contributed by atoms with Crippen molar-refractivity contribution in [3.8, 4) is 5.75 Å². The number of hydrogen-bond acceptors (Lipinski definition) is 3. The van der Waals surface area contributed by atoms with Crippen LogP contribution in [0.5, 0.6) is 5.75 Å². The molecule has 0 fully saturated rings. The summed E-state index contributed by atoms with van der Waals surface area (Å²) in [6.07, 6.45) is 1.70. The molecule has 1 unspecified atom stereocenters. The van der Waals surface area contributed by atoms with Crippen molar-refractivity contribution in [2.24, 2.45) is 0 Å². The summed E-state index contributed by atoms with van der Waals surface area (Å²) in [5.41, 5.74) is 3.45. The molecule has 3 nitrogen and oxygen atoms in total. The molecule has 0 aliphatic carbocycles. The van der Waals surface area contributed by atoms with Gasteiger partial charge >= 0.3 is 0 Å². The topological polar surface area (TPSA) is 36.4 Å². The number of pyridine rings is 1. The number of anilines is 1. The summed E-state index contributed by atoms with van der Waals surface area (Å²) in [5.74, 6) is 0.204. The summed E-state index contributed by atoms with van der Waals surface area (Å²) in [7, 11) is 2.01. The van der Waals surface area contributed by atoms with Crippen LogP contribution in [0.15, 0.2) is 85.1 Å². The normalized spacial score (nSPS) is 12.1. The first-order valence-electron chi connectivity index (χ1n) is 8.75. The van der Waals surface area contributed by atoms with E-state index >= 15 is 0 Å². The van der Waals surface area contributed by atoms with Gasteiger partial charge in [-0.25, -0.2) is 0 Å².